The number of benzene rings is 2. The molecular formula is C31H30ClFN2O6. The summed E-state index contributed by atoms with van der Waals surface area (Å²) in [4.78, 5) is 55.4. The SMILES string of the molecule is COCC1CC2(C1)CN(C)C(=O)c1c(OC(=O)c3ccc(C)cc3)c(=O)c(C(=O)CCc3cccc(Cl)c3F)cn12. The first kappa shape index (κ1) is 28.7. The molecule has 0 bridgehead atoms. The van der Waals surface area contributed by atoms with Crippen LogP contribution < -0.4 is 10.2 Å². The molecule has 1 aliphatic heterocycles. The van der Waals surface area contributed by atoms with E-state index in [9.17, 15) is 23.6 Å². The molecule has 2 aliphatic rings. The molecule has 0 saturated heterocycles. The number of esters is 1. The quantitative estimate of drug-likeness (QED) is 0.280. The molecule has 2 heterocycles. The van der Waals surface area contributed by atoms with E-state index in [0.29, 0.717) is 26.0 Å². The number of hydrogen-bond donors (Lipinski definition) is 0. The molecule has 3 aromatic rings. The largest absolute Gasteiger partial charge is 0.416 e. The van der Waals surface area contributed by atoms with Gasteiger partial charge in [-0.1, -0.05) is 41.4 Å². The van der Waals surface area contributed by atoms with Gasteiger partial charge in [-0.05, 0) is 55.9 Å². The number of amides is 1. The average Bonchev–Trinajstić information content (AvgIpc) is 2.92. The molecule has 0 N–H and O–H groups in total. The van der Waals surface area contributed by atoms with E-state index in [1.165, 1.54) is 23.2 Å². The van der Waals surface area contributed by atoms with E-state index in [2.05, 4.69) is 0 Å². The monoisotopic (exact) mass is 580 g/mol. The number of halogens is 2. The van der Waals surface area contributed by atoms with Crippen molar-refractivity contribution in [2.45, 2.75) is 38.1 Å². The minimum atomic E-state index is -0.861. The summed E-state index contributed by atoms with van der Waals surface area (Å²) in [6.07, 6.45) is 2.51. The van der Waals surface area contributed by atoms with E-state index in [4.69, 9.17) is 21.1 Å². The Morgan fingerprint density at radius 2 is 1.83 bits per heavy atom. The van der Waals surface area contributed by atoms with E-state index >= 15 is 0 Å². The van der Waals surface area contributed by atoms with Crippen LogP contribution in [0.1, 0.15) is 61.6 Å². The summed E-state index contributed by atoms with van der Waals surface area (Å²) in [6, 6.07) is 11.1. The number of hydrogen-bond acceptors (Lipinski definition) is 6. The van der Waals surface area contributed by atoms with Crippen LogP contribution in [0.2, 0.25) is 5.02 Å². The Morgan fingerprint density at radius 3 is 2.51 bits per heavy atom. The second-order valence-corrected chi connectivity index (χ2v) is 11.3. The number of likely N-dealkylation sites (N-methyl/N-ethyl adjacent to an activating group) is 1. The second-order valence-electron chi connectivity index (χ2n) is 10.9. The number of methoxy groups -OCH3 is 1. The third-order valence-corrected chi connectivity index (χ3v) is 8.22. The van der Waals surface area contributed by atoms with Gasteiger partial charge in [0.15, 0.2) is 11.5 Å². The summed E-state index contributed by atoms with van der Waals surface area (Å²) in [5.41, 5.74) is -0.403. The van der Waals surface area contributed by atoms with Crippen LogP contribution >= 0.6 is 11.6 Å². The molecule has 0 radical (unpaired) electrons. The standard InChI is InChI=1S/C31H30ClFN2O6/c1-18-7-9-21(10-8-18)30(39)41-28-26-29(38)34(2)17-31(13-19(14-31)16-40-3)35(26)15-22(27(28)37)24(36)12-11-20-5-4-6-23(32)25(20)33/h4-10,15,19H,11-14,16-17H2,1-3H3. The number of carbonyl (C=O) groups is 3. The van der Waals surface area contributed by atoms with Gasteiger partial charge in [0.1, 0.15) is 5.82 Å². The molecule has 1 aromatic heterocycles. The van der Waals surface area contributed by atoms with E-state index in [-0.39, 0.29) is 46.2 Å². The zero-order valence-corrected chi connectivity index (χ0v) is 23.8. The highest BCUT2D eigenvalue weighted by molar-refractivity contribution is 6.30. The van der Waals surface area contributed by atoms with Crippen molar-refractivity contribution in [1.29, 1.82) is 0 Å². The zero-order chi connectivity index (χ0) is 29.5. The van der Waals surface area contributed by atoms with Crippen LogP contribution in [-0.4, -0.2) is 54.4 Å². The summed E-state index contributed by atoms with van der Waals surface area (Å²) in [6.45, 7) is 2.75. The van der Waals surface area contributed by atoms with Crippen LogP contribution in [-0.2, 0) is 16.7 Å². The van der Waals surface area contributed by atoms with Crippen molar-refractivity contribution >= 4 is 29.3 Å². The van der Waals surface area contributed by atoms with Crippen molar-refractivity contribution in [2.24, 2.45) is 5.92 Å². The Morgan fingerprint density at radius 1 is 1.12 bits per heavy atom. The molecular weight excluding hydrogens is 551 g/mol. The third-order valence-electron chi connectivity index (χ3n) is 7.93. The Bertz CT molecular complexity index is 1590. The number of Topliss-reactive ketones (excluding diaryl/α,β-unsaturated/α-hetero) is 1. The number of aromatic nitrogens is 1. The number of carbonyl (C=O) groups excluding carboxylic acids is 3. The Kier molecular flexibility index (Phi) is 7.85. The Balaban J connectivity index is 1.58. The number of pyridine rings is 1. The molecule has 0 unspecified atom stereocenters. The minimum absolute atomic E-state index is 0.00757. The maximum absolute atomic E-state index is 14.5. The molecule has 41 heavy (non-hydrogen) atoms. The van der Waals surface area contributed by atoms with Crippen molar-refractivity contribution in [3.05, 3.63) is 97.7 Å². The first-order valence-corrected chi connectivity index (χ1v) is 13.7. The summed E-state index contributed by atoms with van der Waals surface area (Å²) in [5.74, 6) is -2.76. The second kappa shape index (κ2) is 11.2. The lowest BCUT2D eigenvalue weighted by Crippen LogP contribution is -2.60. The number of aryl methyl sites for hydroxylation is 2. The van der Waals surface area contributed by atoms with Gasteiger partial charge in [0.2, 0.25) is 11.2 Å². The molecule has 1 fully saturated rings. The van der Waals surface area contributed by atoms with Gasteiger partial charge in [-0.15, -0.1) is 0 Å². The summed E-state index contributed by atoms with van der Waals surface area (Å²) in [5, 5.41) is -0.0609. The van der Waals surface area contributed by atoms with Crippen LogP contribution in [0.5, 0.6) is 5.75 Å². The van der Waals surface area contributed by atoms with Crippen molar-refractivity contribution in [3.8, 4) is 5.75 Å². The summed E-state index contributed by atoms with van der Waals surface area (Å²) < 4.78 is 27.1. The van der Waals surface area contributed by atoms with Gasteiger partial charge in [-0.25, -0.2) is 9.18 Å². The molecule has 1 saturated carbocycles. The maximum Gasteiger partial charge on any atom is 0.343 e. The van der Waals surface area contributed by atoms with Gasteiger partial charge in [-0.3, -0.25) is 14.4 Å². The highest BCUT2D eigenvalue weighted by Crippen LogP contribution is 2.48. The fourth-order valence-corrected chi connectivity index (χ4v) is 6.08. The molecule has 8 nitrogen and oxygen atoms in total. The summed E-state index contributed by atoms with van der Waals surface area (Å²) in [7, 11) is 3.25. The molecule has 214 valence electrons. The lowest BCUT2D eigenvalue weighted by molar-refractivity contribution is -0.0190. The van der Waals surface area contributed by atoms with Crippen LogP contribution in [0.3, 0.4) is 0 Å². The number of ether oxygens (including phenoxy) is 2. The predicted octanol–water partition coefficient (Wildman–Crippen LogP) is 4.82. The van der Waals surface area contributed by atoms with Gasteiger partial charge in [0.05, 0.1) is 21.7 Å². The maximum atomic E-state index is 14.5. The smallest absolute Gasteiger partial charge is 0.343 e. The van der Waals surface area contributed by atoms with E-state index < -0.39 is 40.2 Å². The first-order chi connectivity index (χ1) is 19.5. The molecule has 1 spiro atoms. The molecule has 1 aliphatic carbocycles. The predicted molar refractivity (Wildman–Crippen MR) is 150 cm³/mol. The minimum Gasteiger partial charge on any atom is -0.416 e. The molecule has 10 heteroatoms. The third kappa shape index (κ3) is 5.31. The molecule has 1 amide bonds. The van der Waals surface area contributed by atoms with Crippen molar-refractivity contribution in [1.82, 2.24) is 9.47 Å². The Hall–Kier alpha value is -3.82. The van der Waals surface area contributed by atoms with E-state index in [1.807, 2.05) is 6.92 Å². The van der Waals surface area contributed by atoms with Gasteiger partial charge in [-0.2, -0.15) is 0 Å². The van der Waals surface area contributed by atoms with Crippen molar-refractivity contribution in [3.63, 3.8) is 0 Å². The lowest BCUT2D eigenvalue weighted by atomic mass is 9.67. The van der Waals surface area contributed by atoms with Gasteiger partial charge in [0.25, 0.3) is 5.91 Å². The van der Waals surface area contributed by atoms with Crippen LogP contribution in [0.15, 0.2) is 53.5 Å². The number of nitrogens with zero attached hydrogens (tertiary/aromatic N) is 2. The van der Waals surface area contributed by atoms with Crippen LogP contribution in [0, 0.1) is 18.7 Å². The highest BCUT2D eigenvalue weighted by Gasteiger charge is 2.52. The van der Waals surface area contributed by atoms with Gasteiger partial charge >= 0.3 is 5.97 Å². The average molecular weight is 581 g/mol. The van der Waals surface area contributed by atoms with Crippen molar-refractivity contribution < 1.29 is 28.2 Å². The molecule has 2 aromatic carbocycles. The van der Waals surface area contributed by atoms with Gasteiger partial charge < -0.3 is 18.9 Å². The fourth-order valence-electron chi connectivity index (χ4n) is 5.89. The van der Waals surface area contributed by atoms with Crippen molar-refractivity contribution in [2.75, 3.05) is 27.3 Å². The fraction of sp³-hybridized carbons (Fsp3) is 0.355. The highest BCUT2D eigenvalue weighted by atomic mass is 35.5. The number of fused-ring (bicyclic) bond motifs is 2. The topological polar surface area (TPSA) is 94.9 Å². The molecule has 5 rings (SSSR count). The number of rotatable bonds is 8. The van der Waals surface area contributed by atoms with Gasteiger partial charge in [0, 0.05) is 39.9 Å². The number of ketones is 1. The lowest BCUT2D eigenvalue weighted by Gasteiger charge is -2.54. The van der Waals surface area contributed by atoms with E-state index in [0.717, 1.165) is 5.56 Å². The first-order valence-electron chi connectivity index (χ1n) is 13.3. The Labute approximate surface area is 241 Å². The zero-order valence-electron chi connectivity index (χ0n) is 23.0. The summed E-state index contributed by atoms with van der Waals surface area (Å²) >= 11 is 5.89. The van der Waals surface area contributed by atoms with Crippen LogP contribution in [0.4, 0.5) is 4.39 Å². The molecule has 0 atom stereocenters. The van der Waals surface area contributed by atoms with Crippen LogP contribution in [0.25, 0.3) is 0 Å². The van der Waals surface area contributed by atoms with E-state index in [1.54, 1.807) is 49.1 Å². The normalized spacial score (nSPS) is 19.6.